The van der Waals surface area contributed by atoms with Crippen LogP contribution in [0.2, 0.25) is 0 Å². The smallest absolute Gasteiger partial charge is 0.237 e. The molecule has 2 atom stereocenters. The van der Waals surface area contributed by atoms with E-state index in [1.165, 1.54) is 12.8 Å². The molecule has 132 valence electrons. The minimum Gasteiger partial charge on any atom is -0.376 e. The molecule has 23 heavy (non-hydrogen) atoms. The van der Waals surface area contributed by atoms with Gasteiger partial charge in [-0.3, -0.25) is 9.69 Å². The average Bonchev–Trinajstić information content (AvgIpc) is 3.10. The summed E-state index contributed by atoms with van der Waals surface area (Å²) in [4.78, 5) is 16.9. The van der Waals surface area contributed by atoms with E-state index in [2.05, 4.69) is 11.8 Å². The summed E-state index contributed by atoms with van der Waals surface area (Å²) in [5, 5.41) is 0. The van der Waals surface area contributed by atoms with Gasteiger partial charge in [0.1, 0.15) is 0 Å². The molecule has 7 heteroatoms. The second-order valence-corrected chi connectivity index (χ2v) is 9.26. The van der Waals surface area contributed by atoms with E-state index >= 15 is 0 Å². The van der Waals surface area contributed by atoms with Crippen LogP contribution in [-0.4, -0.2) is 80.1 Å². The van der Waals surface area contributed by atoms with Crippen LogP contribution < -0.4 is 0 Å². The summed E-state index contributed by atoms with van der Waals surface area (Å²) in [6.45, 7) is 4.65. The van der Waals surface area contributed by atoms with Gasteiger partial charge >= 0.3 is 0 Å². The van der Waals surface area contributed by atoms with Gasteiger partial charge in [-0.2, -0.15) is 0 Å². The van der Waals surface area contributed by atoms with Gasteiger partial charge in [0.05, 0.1) is 24.2 Å². The molecule has 0 radical (unpaired) electrons. The molecule has 1 aliphatic carbocycles. The topological polar surface area (TPSA) is 66.9 Å². The normalized spacial score (nSPS) is 30.0. The molecule has 1 saturated carbocycles. The van der Waals surface area contributed by atoms with Crippen molar-refractivity contribution in [3.63, 3.8) is 0 Å². The van der Waals surface area contributed by atoms with E-state index in [0.29, 0.717) is 25.6 Å². The Labute approximate surface area is 139 Å². The Balaban J connectivity index is 1.66. The van der Waals surface area contributed by atoms with Crippen LogP contribution in [0.3, 0.4) is 0 Å². The van der Waals surface area contributed by atoms with E-state index in [4.69, 9.17) is 4.74 Å². The second-order valence-electron chi connectivity index (χ2n) is 7.03. The highest BCUT2D eigenvalue weighted by molar-refractivity contribution is 7.91. The van der Waals surface area contributed by atoms with Crippen molar-refractivity contribution >= 4 is 15.7 Å². The van der Waals surface area contributed by atoms with Crippen molar-refractivity contribution in [1.29, 1.82) is 0 Å². The molecule has 3 aliphatic rings. The summed E-state index contributed by atoms with van der Waals surface area (Å²) in [7, 11) is -2.99. The molecular formula is C16H28N2O4S. The lowest BCUT2D eigenvalue weighted by molar-refractivity contribution is -0.136. The third-order valence-electron chi connectivity index (χ3n) is 5.20. The molecule has 0 aromatic carbocycles. The maximum atomic E-state index is 12.9. The van der Waals surface area contributed by atoms with Gasteiger partial charge in [0.2, 0.25) is 5.91 Å². The highest BCUT2D eigenvalue weighted by atomic mass is 32.2. The Bertz CT molecular complexity index is 526. The van der Waals surface area contributed by atoms with E-state index in [9.17, 15) is 13.2 Å². The van der Waals surface area contributed by atoms with Crippen LogP contribution in [-0.2, 0) is 19.4 Å². The van der Waals surface area contributed by atoms with Crippen LogP contribution in [0.5, 0.6) is 0 Å². The highest BCUT2D eigenvalue weighted by Crippen LogP contribution is 2.27. The number of sulfone groups is 1. The fourth-order valence-corrected chi connectivity index (χ4v) is 5.42. The average molecular weight is 344 g/mol. The largest absolute Gasteiger partial charge is 0.376 e. The maximum Gasteiger partial charge on any atom is 0.237 e. The first-order valence-electron chi connectivity index (χ1n) is 8.84. The van der Waals surface area contributed by atoms with Crippen LogP contribution in [0.25, 0.3) is 0 Å². The van der Waals surface area contributed by atoms with E-state index in [1.807, 2.05) is 4.90 Å². The molecule has 0 aromatic heterocycles. The molecule has 6 nitrogen and oxygen atoms in total. The third-order valence-corrected chi connectivity index (χ3v) is 6.95. The van der Waals surface area contributed by atoms with Crippen molar-refractivity contribution in [2.45, 2.75) is 57.2 Å². The van der Waals surface area contributed by atoms with Gasteiger partial charge in [0.25, 0.3) is 0 Å². The lowest BCUT2D eigenvalue weighted by Crippen LogP contribution is -2.49. The number of carbonyl (C=O) groups excluding carboxylic acids is 1. The Hall–Kier alpha value is -0.660. The van der Waals surface area contributed by atoms with Crippen molar-refractivity contribution in [3.05, 3.63) is 0 Å². The SMILES string of the molecule is CCN(CC(=O)N(C[C@H]1CCCO1)[C@@H]1CCS(=O)(=O)C1)C1CC1. The Morgan fingerprint density at radius 1 is 1.17 bits per heavy atom. The number of hydrogen-bond donors (Lipinski definition) is 0. The van der Waals surface area contributed by atoms with Crippen molar-refractivity contribution in [1.82, 2.24) is 9.80 Å². The van der Waals surface area contributed by atoms with Gasteiger partial charge in [-0.15, -0.1) is 0 Å². The van der Waals surface area contributed by atoms with Gasteiger partial charge < -0.3 is 9.64 Å². The number of nitrogens with zero attached hydrogens (tertiary/aromatic N) is 2. The monoisotopic (exact) mass is 344 g/mol. The fourth-order valence-electron chi connectivity index (χ4n) is 3.69. The van der Waals surface area contributed by atoms with E-state index < -0.39 is 9.84 Å². The van der Waals surface area contributed by atoms with E-state index in [1.54, 1.807) is 0 Å². The van der Waals surface area contributed by atoms with Crippen LogP contribution in [0.1, 0.15) is 39.0 Å². The van der Waals surface area contributed by atoms with Crippen LogP contribution in [0.4, 0.5) is 0 Å². The Kier molecular flexibility index (Phi) is 5.28. The lowest BCUT2D eigenvalue weighted by atomic mass is 10.1. The van der Waals surface area contributed by atoms with Crippen molar-refractivity contribution in [3.8, 4) is 0 Å². The van der Waals surface area contributed by atoms with Crippen molar-refractivity contribution in [2.75, 3.05) is 37.7 Å². The first-order valence-corrected chi connectivity index (χ1v) is 10.7. The third kappa shape index (κ3) is 4.45. The van der Waals surface area contributed by atoms with Crippen LogP contribution in [0, 0.1) is 0 Å². The molecule has 0 bridgehead atoms. The zero-order chi connectivity index (χ0) is 16.4. The van der Waals surface area contributed by atoms with E-state index in [-0.39, 0.29) is 29.6 Å². The number of likely N-dealkylation sites (N-methyl/N-ethyl adjacent to an activating group) is 1. The van der Waals surface area contributed by atoms with Gasteiger partial charge in [-0.1, -0.05) is 6.92 Å². The predicted molar refractivity (Wildman–Crippen MR) is 88.0 cm³/mol. The Morgan fingerprint density at radius 3 is 2.48 bits per heavy atom. The molecule has 0 unspecified atom stereocenters. The minimum atomic E-state index is -2.99. The van der Waals surface area contributed by atoms with E-state index in [0.717, 1.165) is 26.0 Å². The highest BCUT2D eigenvalue weighted by Gasteiger charge is 2.38. The second kappa shape index (κ2) is 7.07. The number of rotatable bonds is 7. The first kappa shape index (κ1) is 17.2. The minimum absolute atomic E-state index is 0.0661. The molecule has 1 amide bonds. The zero-order valence-electron chi connectivity index (χ0n) is 13.9. The molecule has 2 saturated heterocycles. The summed E-state index contributed by atoms with van der Waals surface area (Å²) < 4.78 is 29.3. The van der Waals surface area contributed by atoms with Crippen molar-refractivity contribution < 1.29 is 17.9 Å². The summed E-state index contributed by atoms with van der Waals surface area (Å²) >= 11 is 0. The number of hydrogen-bond acceptors (Lipinski definition) is 5. The number of amides is 1. The molecule has 2 aliphatic heterocycles. The fraction of sp³-hybridized carbons (Fsp3) is 0.938. The quantitative estimate of drug-likeness (QED) is 0.679. The summed E-state index contributed by atoms with van der Waals surface area (Å²) in [5.74, 6) is 0.380. The molecule has 3 rings (SSSR count). The number of ether oxygens (including phenoxy) is 1. The summed E-state index contributed by atoms with van der Waals surface area (Å²) in [6.07, 6.45) is 4.96. The molecule has 0 N–H and O–H groups in total. The standard InChI is InChI=1S/C16H28N2O4S/c1-2-17(13-5-6-13)11-16(19)18(10-15-4-3-8-22-15)14-7-9-23(20,21)12-14/h13-15H,2-12H2,1H3/t14-,15-/m1/s1. The van der Waals surface area contributed by atoms with Gasteiger partial charge in [-0.05, 0) is 38.6 Å². The lowest BCUT2D eigenvalue weighted by Gasteiger charge is -2.32. The van der Waals surface area contributed by atoms with Crippen LogP contribution in [0.15, 0.2) is 0 Å². The Morgan fingerprint density at radius 2 is 1.96 bits per heavy atom. The van der Waals surface area contributed by atoms with Crippen LogP contribution >= 0.6 is 0 Å². The van der Waals surface area contributed by atoms with Gasteiger partial charge in [-0.25, -0.2) is 8.42 Å². The molecule has 3 fully saturated rings. The summed E-state index contributed by atoms with van der Waals surface area (Å²) in [5.41, 5.74) is 0. The molecule has 0 aromatic rings. The maximum absolute atomic E-state index is 12.9. The van der Waals surface area contributed by atoms with Gasteiger partial charge in [0.15, 0.2) is 9.84 Å². The zero-order valence-corrected chi connectivity index (χ0v) is 14.8. The number of carbonyl (C=O) groups is 1. The van der Waals surface area contributed by atoms with Gasteiger partial charge in [0, 0.05) is 25.2 Å². The first-order chi connectivity index (χ1) is 11.0. The molecule has 2 heterocycles. The van der Waals surface area contributed by atoms with Crippen molar-refractivity contribution in [2.24, 2.45) is 0 Å². The molecular weight excluding hydrogens is 316 g/mol. The summed E-state index contributed by atoms with van der Waals surface area (Å²) in [6, 6.07) is 0.371. The predicted octanol–water partition coefficient (Wildman–Crippen LogP) is 0.665. The molecule has 0 spiro atoms.